The zero-order valence-corrected chi connectivity index (χ0v) is 11.5. The number of nitrogens with zero attached hydrogens (tertiary/aromatic N) is 3. The van der Waals surface area contributed by atoms with Gasteiger partial charge in [0.15, 0.2) is 0 Å². The van der Waals surface area contributed by atoms with E-state index in [9.17, 15) is 0 Å². The molecule has 1 aromatic rings. The van der Waals surface area contributed by atoms with Crippen LogP contribution in [0.1, 0.15) is 16.7 Å². The number of nitriles is 1. The van der Waals surface area contributed by atoms with E-state index in [1.165, 1.54) is 22.4 Å². The highest BCUT2D eigenvalue weighted by Crippen LogP contribution is 2.27. The van der Waals surface area contributed by atoms with Crippen molar-refractivity contribution in [3.8, 4) is 6.07 Å². The number of benzene rings is 1. The number of hydrogen-bond donors (Lipinski definition) is 0. The van der Waals surface area contributed by atoms with Crippen molar-refractivity contribution in [2.75, 3.05) is 37.6 Å². The Morgan fingerprint density at radius 2 is 1.61 bits per heavy atom. The van der Waals surface area contributed by atoms with E-state index < -0.39 is 0 Å². The topological polar surface area (TPSA) is 30.3 Å². The molecule has 1 aliphatic rings. The zero-order valence-electron chi connectivity index (χ0n) is 11.5. The van der Waals surface area contributed by atoms with Gasteiger partial charge in [-0.2, -0.15) is 5.26 Å². The van der Waals surface area contributed by atoms with E-state index >= 15 is 0 Å². The van der Waals surface area contributed by atoms with Crippen LogP contribution >= 0.6 is 0 Å². The lowest BCUT2D eigenvalue weighted by molar-refractivity contribution is 0.287. The molecule has 3 heteroatoms. The molecule has 0 saturated carbocycles. The maximum absolute atomic E-state index is 8.71. The Labute approximate surface area is 110 Å². The van der Waals surface area contributed by atoms with Crippen LogP contribution in [0.15, 0.2) is 12.1 Å². The summed E-state index contributed by atoms with van der Waals surface area (Å²) in [4.78, 5) is 4.67. The Morgan fingerprint density at radius 3 is 2.11 bits per heavy atom. The number of hydrogen-bond acceptors (Lipinski definition) is 3. The molecule has 1 aliphatic heterocycles. The lowest BCUT2D eigenvalue weighted by atomic mass is 10.0. The van der Waals surface area contributed by atoms with Crippen LogP contribution in [0.3, 0.4) is 0 Å². The monoisotopic (exact) mass is 243 g/mol. The SMILES string of the molecule is Cc1cc(C)c(N2CCN(CC#N)CC2)c(C)c1. The van der Waals surface area contributed by atoms with Gasteiger partial charge in [-0.05, 0) is 31.9 Å². The van der Waals surface area contributed by atoms with Crippen molar-refractivity contribution in [2.24, 2.45) is 0 Å². The number of piperazine rings is 1. The summed E-state index contributed by atoms with van der Waals surface area (Å²) in [7, 11) is 0. The van der Waals surface area contributed by atoms with Gasteiger partial charge in [-0.1, -0.05) is 17.7 Å². The first-order valence-electron chi connectivity index (χ1n) is 6.54. The minimum Gasteiger partial charge on any atom is -0.369 e. The van der Waals surface area contributed by atoms with Gasteiger partial charge in [0.05, 0.1) is 12.6 Å². The van der Waals surface area contributed by atoms with Gasteiger partial charge in [-0.25, -0.2) is 0 Å². The van der Waals surface area contributed by atoms with Gasteiger partial charge < -0.3 is 4.90 Å². The van der Waals surface area contributed by atoms with Gasteiger partial charge in [0.25, 0.3) is 0 Å². The molecular formula is C15H21N3. The van der Waals surface area contributed by atoms with Crippen molar-refractivity contribution in [2.45, 2.75) is 20.8 Å². The Balaban J connectivity index is 2.13. The van der Waals surface area contributed by atoms with Crippen molar-refractivity contribution < 1.29 is 0 Å². The molecule has 2 rings (SSSR count). The molecule has 18 heavy (non-hydrogen) atoms. The van der Waals surface area contributed by atoms with E-state index in [0.717, 1.165) is 26.2 Å². The van der Waals surface area contributed by atoms with E-state index in [4.69, 9.17) is 5.26 Å². The van der Waals surface area contributed by atoms with Gasteiger partial charge in [0.1, 0.15) is 0 Å². The van der Waals surface area contributed by atoms with Crippen molar-refractivity contribution in [1.29, 1.82) is 5.26 Å². The lowest BCUT2D eigenvalue weighted by Crippen LogP contribution is -2.46. The van der Waals surface area contributed by atoms with Gasteiger partial charge in [-0.15, -0.1) is 0 Å². The summed E-state index contributed by atoms with van der Waals surface area (Å²) in [5.41, 5.74) is 5.44. The second kappa shape index (κ2) is 5.41. The second-order valence-electron chi connectivity index (χ2n) is 5.17. The molecular weight excluding hydrogens is 222 g/mol. The fourth-order valence-electron chi connectivity index (χ4n) is 2.90. The van der Waals surface area contributed by atoms with Crippen molar-refractivity contribution in [3.63, 3.8) is 0 Å². The average molecular weight is 243 g/mol. The molecule has 0 radical (unpaired) electrons. The van der Waals surface area contributed by atoms with E-state index in [-0.39, 0.29) is 0 Å². The summed E-state index contributed by atoms with van der Waals surface area (Å²) in [5.74, 6) is 0. The predicted molar refractivity (Wildman–Crippen MR) is 74.9 cm³/mol. The van der Waals surface area contributed by atoms with Gasteiger partial charge in [0.2, 0.25) is 0 Å². The highest BCUT2D eigenvalue weighted by molar-refractivity contribution is 5.60. The minimum absolute atomic E-state index is 0.555. The molecule has 0 aliphatic carbocycles. The fraction of sp³-hybridized carbons (Fsp3) is 0.533. The van der Waals surface area contributed by atoms with E-state index in [2.05, 4.69) is 48.8 Å². The van der Waals surface area contributed by atoms with E-state index in [0.29, 0.717) is 6.54 Å². The predicted octanol–water partition coefficient (Wildman–Crippen LogP) is 2.26. The highest BCUT2D eigenvalue weighted by Gasteiger charge is 2.19. The Bertz CT molecular complexity index is 442. The van der Waals surface area contributed by atoms with Crippen LogP contribution in [-0.2, 0) is 0 Å². The smallest absolute Gasteiger partial charge is 0.0867 e. The third kappa shape index (κ3) is 2.65. The second-order valence-corrected chi connectivity index (χ2v) is 5.17. The summed E-state index contributed by atoms with van der Waals surface area (Å²) < 4.78 is 0. The third-order valence-electron chi connectivity index (χ3n) is 3.62. The molecule has 1 heterocycles. The molecule has 0 unspecified atom stereocenters. The Kier molecular flexibility index (Phi) is 3.88. The maximum Gasteiger partial charge on any atom is 0.0867 e. The number of aryl methyl sites for hydroxylation is 3. The van der Waals surface area contributed by atoms with E-state index in [1.54, 1.807) is 0 Å². The normalized spacial score (nSPS) is 16.7. The first kappa shape index (κ1) is 12.9. The summed E-state index contributed by atoms with van der Waals surface area (Å²) in [6.45, 7) is 11.1. The molecule has 0 atom stereocenters. The van der Waals surface area contributed by atoms with Crippen molar-refractivity contribution >= 4 is 5.69 Å². The van der Waals surface area contributed by atoms with Gasteiger partial charge >= 0.3 is 0 Å². The van der Waals surface area contributed by atoms with Crippen LogP contribution in [0.4, 0.5) is 5.69 Å². The first-order valence-corrected chi connectivity index (χ1v) is 6.54. The molecule has 0 N–H and O–H groups in total. The van der Waals surface area contributed by atoms with Crippen LogP contribution in [0, 0.1) is 32.1 Å². The molecule has 1 fully saturated rings. The standard InChI is InChI=1S/C15H21N3/c1-12-10-13(2)15(14(3)11-12)18-8-6-17(5-4-16)7-9-18/h10-11H,5-9H2,1-3H3. The van der Waals surface area contributed by atoms with Crippen molar-refractivity contribution in [1.82, 2.24) is 4.90 Å². The quantitative estimate of drug-likeness (QED) is 0.746. The van der Waals surface area contributed by atoms with Gasteiger partial charge in [-0.3, -0.25) is 4.90 Å². The van der Waals surface area contributed by atoms with Crippen molar-refractivity contribution in [3.05, 3.63) is 28.8 Å². The Morgan fingerprint density at radius 1 is 1.06 bits per heavy atom. The molecule has 1 aromatic carbocycles. The summed E-state index contributed by atoms with van der Waals surface area (Å²) in [6.07, 6.45) is 0. The maximum atomic E-state index is 8.71. The average Bonchev–Trinajstić information content (AvgIpc) is 2.30. The molecule has 3 nitrogen and oxygen atoms in total. The molecule has 1 saturated heterocycles. The summed E-state index contributed by atoms with van der Waals surface area (Å²) >= 11 is 0. The fourth-order valence-corrected chi connectivity index (χ4v) is 2.90. The van der Waals surface area contributed by atoms with Crippen LogP contribution in [0.25, 0.3) is 0 Å². The minimum atomic E-state index is 0.555. The van der Waals surface area contributed by atoms with Crippen LogP contribution < -0.4 is 4.90 Å². The van der Waals surface area contributed by atoms with Gasteiger partial charge in [0, 0.05) is 31.9 Å². The summed E-state index contributed by atoms with van der Waals surface area (Å²) in [5, 5.41) is 8.71. The summed E-state index contributed by atoms with van der Waals surface area (Å²) in [6, 6.07) is 6.74. The number of rotatable bonds is 2. The highest BCUT2D eigenvalue weighted by atomic mass is 15.3. The number of anilines is 1. The van der Waals surface area contributed by atoms with Crippen LogP contribution in [-0.4, -0.2) is 37.6 Å². The van der Waals surface area contributed by atoms with E-state index in [1.807, 2.05) is 0 Å². The first-order chi connectivity index (χ1) is 8.61. The lowest BCUT2D eigenvalue weighted by Gasteiger charge is -2.36. The molecule has 0 aromatic heterocycles. The Hall–Kier alpha value is -1.53. The molecule has 0 spiro atoms. The third-order valence-corrected chi connectivity index (χ3v) is 3.62. The van der Waals surface area contributed by atoms with Crippen LogP contribution in [0.5, 0.6) is 0 Å². The van der Waals surface area contributed by atoms with Crippen LogP contribution in [0.2, 0.25) is 0 Å². The largest absolute Gasteiger partial charge is 0.369 e. The zero-order chi connectivity index (χ0) is 13.1. The molecule has 0 bridgehead atoms. The molecule has 96 valence electrons. The molecule has 0 amide bonds.